The van der Waals surface area contributed by atoms with Crippen molar-refractivity contribution in [2.75, 3.05) is 7.11 Å². The van der Waals surface area contributed by atoms with Gasteiger partial charge in [0.05, 0.1) is 22.7 Å². The second-order valence-corrected chi connectivity index (χ2v) is 5.68. The number of ether oxygens (including phenoxy) is 1. The standard InChI is InChI=1S/C13H6Cl2F3NO5/c1-23-11(21)8-9(13(16,17)18)24-19-10(20)4-2-6(14)7(15)3-5(4)12(8,19)22/h2-3,22H,1H3. The number of amides is 1. The lowest BCUT2D eigenvalue weighted by molar-refractivity contribution is -0.223. The Morgan fingerprint density at radius 2 is 1.92 bits per heavy atom. The number of fused-ring (bicyclic) bond motifs is 3. The van der Waals surface area contributed by atoms with E-state index in [1.807, 2.05) is 0 Å². The van der Waals surface area contributed by atoms with Crippen LogP contribution in [-0.2, 0) is 20.1 Å². The number of benzene rings is 1. The molecule has 128 valence electrons. The molecule has 0 aliphatic carbocycles. The fraction of sp³-hybridized carbons (Fsp3) is 0.231. The first-order valence-corrected chi connectivity index (χ1v) is 6.93. The van der Waals surface area contributed by atoms with Crippen LogP contribution in [0.25, 0.3) is 0 Å². The minimum absolute atomic E-state index is 0.0411. The molecule has 1 atom stereocenters. The second-order valence-electron chi connectivity index (χ2n) is 4.87. The molecule has 1 amide bonds. The second kappa shape index (κ2) is 5.01. The fourth-order valence-electron chi connectivity index (χ4n) is 2.55. The Kier molecular flexibility index (Phi) is 3.52. The molecule has 0 spiro atoms. The van der Waals surface area contributed by atoms with E-state index in [0.717, 1.165) is 19.2 Å². The highest BCUT2D eigenvalue weighted by atomic mass is 35.5. The number of nitrogens with zero attached hydrogens (tertiary/aromatic N) is 1. The molecular weight excluding hydrogens is 378 g/mol. The van der Waals surface area contributed by atoms with Gasteiger partial charge in [0.2, 0.25) is 5.72 Å². The molecule has 0 fully saturated rings. The molecule has 11 heteroatoms. The van der Waals surface area contributed by atoms with E-state index in [4.69, 9.17) is 23.2 Å². The number of alkyl halides is 3. The van der Waals surface area contributed by atoms with Crippen LogP contribution in [0, 0.1) is 0 Å². The van der Waals surface area contributed by atoms with Gasteiger partial charge in [0.15, 0.2) is 0 Å². The van der Waals surface area contributed by atoms with E-state index in [-0.39, 0.29) is 26.2 Å². The number of carbonyl (C=O) groups is 2. The molecule has 3 rings (SSSR count). The van der Waals surface area contributed by atoms with Gasteiger partial charge in [-0.05, 0) is 12.1 Å². The van der Waals surface area contributed by atoms with Crippen LogP contribution >= 0.6 is 23.2 Å². The van der Waals surface area contributed by atoms with E-state index in [9.17, 15) is 27.9 Å². The molecule has 0 aromatic heterocycles. The van der Waals surface area contributed by atoms with Crippen LogP contribution in [0.1, 0.15) is 15.9 Å². The summed E-state index contributed by atoms with van der Waals surface area (Å²) in [4.78, 5) is 28.6. The molecule has 1 aromatic rings. The van der Waals surface area contributed by atoms with Gasteiger partial charge < -0.3 is 14.7 Å². The quantitative estimate of drug-likeness (QED) is 0.754. The third-order valence-electron chi connectivity index (χ3n) is 3.55. The lowest BCUT2D eigenvalue weighted by Crippen LogP contribution is -2.42. The summed E-state index contributed by atoms with van der Waals surface area (Å²) in [5.74, 6) is -4.48. The zero-order valence-corrected chi connectivity index (χ0v) is 13.1. The zero-order valence-electron chi connectivity index (χ0n) is 11.6. The van der Waals surface area contributed by atoms with Gasteiger partial charge in [-0.1, -0.05) is 23.2 Å². The minimum atomic E-state index is -5.15. The molecule has 1 unspecified atom stereocenters. The van der Waals surface area contributed by atoms with E-state index in [2.05, 4.69) is 9.57 Å². The van der Waals surface area contributed by atoms with Gasteiger partial charge in [0.1, 0.15) is 5.57 Å². The highest BCUT2D eigenvalue weighted by molar-refractivity contribution is 6.42. The van der Waals surface area contributed by atoms with Crippen molar-refractivity contribution in [2.45, 2.75) is 11.9 Å². The Labute approximate surface area is 141 Å². The summed E-state index contributed by atoms with van der Waals surface area (Å²) >= 11 is 11.6. The maximum atomic E-state index is 13.1. The first-order valence-electron chi connectivity index (χ1n) is 6.18. The Balaban J connectivity index is 2.33. The van der Waals surface area contributed by atoms with Crippen molar-refractivity contribution in [3.8, 4) is 0 Å². The van der Waals surface area contributed by atoms with E-state index < -0.39 is 35.1 Å². The van der Waals surface area contributed by atoms with Crippen LogP contribution in [0.4, 0.5) is 13.2 Å². The molecule has 0 bridgehead atoms. The SMILES string of the molecule is COC(=O)C1=C(C(F)(F)F)ON2C(=O)c3cc(Cl)c(Cl)cc3C12O. The molecule has 1 N–H and O–H groups in total. The van der Waals surface area contributed by atoms with Gasteiger partial charge in [-0.15, -0.1) is 5.06 Å². The third-order valence-corrected chi connectivity index (χ3v) is 4.27. The molecule has 0 saturated carbocycles. The first-order chi connectivity index (χ1) is 11.0. The van der Waals surface area contributed by atoms with Crippen molar-refractivity contribution in [1.82, 2.24) is 5.06 Å². The van der Waals surface area contributed by atoms with Crippen LogP contribution < -0.4 is 0 Å². The number of carbonyl (C=O) groups excluding carboxylic acids is 2. The monoisotopic (exact) mass is 383 g/mol. The Morgan fingerprint density at radius 1 is 1.33 bits per heavy atom. The van der Waals surface area contributed by atoms with Crippen molar-refractivity contribution in [1.29, 1.82) is 0 Å². The van der Waals surface area contributed by atoms with Crippen molar-refractivity contribution < 1.29 is 37.4 Å². The summed E-state index contributed by atoms with van der Waals surface area (Å²) in [6, 6.07) is 2.05. The number of hydrogen-bond donors (Lipinski definition) is 1. The first kappa shape index (κ1) is 16.9. The van der Waals surface area contributed by atoms with E-state index in [0.29, 0.717) is 0 Å². The Bertz CT molecular complexity index is 823. The van der Waals surface area contributed by atoms with Crippen molar-refractivity contribution in [2.24, 2.45) is 0 Å². The van der Waals surface area contributed by atoms with Gasteiger partial charge in [-0.25, -0.2) is 4.79 Å². The van der Waals surface area contributed by atoms with E-state index in [1.165, 1.54) is 0 Å². The van der Waals surface area contributed by atoms with Crippen molar-refractivity contribution >= 4 is 35.1 Å². The molecule has 0 radical (unpaired) electrons. The summed E-state index contributed by atoms with van der Waals surface area (Å²) < 4.78 is 43.7. The molecular formula is C13H6Cl2F3NO5. The molecule has 0 saturated heterocycles. The third kappa shape index (κ3) is 2.01. The summed E-state index contributed by atoms with van der Waals surface area (Å²) in [6.45, 7) is 0. The molecule has 2 aliphatic heterocycles. The van der Waals surface area contributed by atoms with Crippen molar-refractivity contribution in [3.63, 3.8) is 0 Å². The smallest absolute Gasteiger partial charge is 0.453 e. The van der Waals surface area contributed by atoms with E-state index in [1.54, 1.807) is 0 Å². The molecule has 2 aliphatic rings. The number of rotatable bonds is 1. The number of aliphatic hydroxyl groups is 1. The van der Waals surface area contributed by atoms with Gasteiger partial charge >= 0.3 is 12.1 Å². The Morgan fingerprint density at radius 3 is 2.46 bits per heavy atom. The Hall–Kier alpha value is -1.97. The normalized spacial score (nSPS) is 22.5. The lowest BCUT2D eigenvalue weighted by Gasteiger charge is -2.25. The molecule has 6 nitrogen and oxygen atoms in total. The average Bonchev–Trinajstić information content (AvgIpc) is 2.91. The molecule has 24 heavy (non-hydrogen) atoms. The average molecular weight is 384 g/mol. The maximum Gasteiger partial charge on any atom is 0.453 e. The highest BCUT2D eigenvalue weighted by Crippen LogP contribution is 2.53. The maximum absolute atomic E-state index is 13.1. The minimum Gasteiger partial charge on any atom is -0.465 e. The summed E-state index contributed by atoms with van der Waals surface area (Å²) in [7, 11) is 0.821. The van der Waals surface area contributed by atoms with Gasteiger partial charge in [-0.3, -0.25) is 4.79 Å². The summed E-state index contributed by atoms with van der Waals surface area (Å²) in [5.41, 5.74) is -4.74. The van der Waals surface area contributed by atoms with Crippen molar-refractivity contribution in [3.05, 3.63) is 44.6 Å². The molecule has 2 heterocycles. The van der Waals surface area contributed by atoms with Crippen LogP contribution in [-0.4, -0.2) is 35.3 Å². The lowest BCUT2D eigenvalue weighted by atomic mass is 9.93. The fourth-order valence-corrected chi connectivity index (χ4v) is 2.87. The largest absolute Gasteiger partial charge is 0.465 e. The van der Waals surface area contributed by atoms with E-state index >= 15 is 0 Å². The number of halogens is 5. The number of esters is 1. The van der Waals surface area contributed by atoms with Gasteiger partial charge in [0, 0.05) is 5.56 Å². The van der Waals surface area contributed by atoms with Crippen LogP contribution in [0.2, 0.25) is 10.0 Å². The van der Waals surface area contributed by atoms with Crippen LogP contribution in [0.15, 0.2) is 23.5 Å². The van der Waals surface area contributed by atoms with Gasteiger partial charge in [0.25, 0.3) is 11.7 Å². The summed E-state index contributed by atoms with van der Waals surface area (Å²) in [6.07, 6.45) is -5.15. The predicted octanol–water partition coefficient (Wildman–Crippen LogP) is 2.53. The highest BCUT2D eigenvalue weighted by Gasteiger charge is 2.66. The number of hydroxylamine groups is 2. The number of methoxy groups -OCH3 is 1. The molecule has 1 aromatic carbocycles. The topological polar surface area (TPSA) is 76.1 Å². The number of hydrogen-bond acceptors (Lipinski definition) is 5. The van der Waals surface area contributed by atoms with Crippen LogP contribution in [0.3, 0.4) is 0 Å². The van der Waals surface area contributed by atoms with Crippen LogP contribution in [0.5, 0.6) is 0 Å². The number of allylic oxidation sites excluding steroid dienone is 1. The predicted molar refractivity (Wildman–Crippen MR) is 72.7 cm³/mol. The summed E-state index contributed by atoms with van der Waals surface area (Å²) in [5, 5.41) is 10.6. The zero-order chi connectivity index (χ0) is 18.0. The van der Waals surface area contributed by atoms with Gasteiger partial charge in [-0.2, -0.15) is 13.2 Å².